The van der Waals surface area contributed by atoms with E-state index >= 15 is 0 Å². The lowest BCUT2D eigenvalue weighted by Crippen LogP contribution is -2.20. The maximum atomic E-state index is 11.4. The molecule has 0 bridgehead atoms. The third-order valence-electron chi connectivity index (χ3n) is 2.01. The molecule has 1 unspecified atom stereocenters. The van der Waals surface area contributed by atoms with Gasteiger partial charge in [-0.3, -0.25) is 4.57 Å². The summed E-state index contributed by atoms with van der Waals surface area (Å²) in [5, 5.41) is 15.5. The van der Waals surface area contributed by atoms with E-state index in [9.17, 15) is 4.79 Å². The Morgan fingerprint density at radius 3 is 2.94 bits per heavy atom. The topological polar surface area (TPSA) is 100 Å². The van der Waals surface area contributed by atoms with Crippen LogP contribution >= 0.6 is 11.8 Å². The van der Waals surface area contributed by atoms with Gasteiger partial charge in [0.2, 0.25) is 0 Å². The molecule has 1 rings (SSSR count). The molecule has 0 radical (unpaired) electrons. The molecule has 0 aliphatic carbocycles. The Labute approximate surface area is 97.8 Å². The van der Waals surface area contributed by atoms with Gasteiger partial charge >= 0.3 is 5.69 Å². The molecule has 0 aromatic carbocycles. The Kier molecular flexibility index (Phi) is 4.58. The van der Waals surface area contributed by atoms with Crippen LogP contribution in [0.5, 0.6) is 0 Å². The molecule has 0 fully saturated rings. The molecule has 0 amide bonds. The molecule has 7 heteroatoms. The first kappa shape index (κ1) is 12.8. The molecule has 6 nitrogen and oxygen atoms in total. The van der Waals surface area contributed by atoms with Gasteiger partial charge in [0.15, 0.2) is 5.16 Å². The largest absolute Gasteiger partial charge is 0.344 e. The van der Waals surface area contributed by atoms with Crippen LogP contribution in [-0.2, 0) is 0 Å². The van der Waals surface area contributed by atoms with Gasteiger partial charge in [-0.1, -0.05) is 11.8 Å². The molecule has 0 aliphatic heterocycles. The average Bonchev–Trinajstić information content (AvgIpc) is 2.59. The fourth-order valence-electron chi connectivity index (χ4n) is 1.19. The predicted octanol–water partition coefficient (Wildman–Crippen LogP) is 0.485. The second-order valence-electron chi connectivity index (χ2n) is 3.65. The Hall–Kier alpha value is -1.26. The van der Waals surface area contributed by atoms with Gasteiger partial charge in [-0.25, -0.2) is 9.89 Å². The van der Waals surface area contributed by atoms with Crippen LogP contribution in [0, 0.1) is 11.3 Å². The quantitative estimate of drug-likeness (QED) is 0.730. The van der Waals surface area contributed by atoms with Crippen LogP contribution in [0.3, 0.4) is 0 Å². The van der Waals surface area contributed by atoms with E-state index in [2.05, 4.69) is 10.2 Å². The second-order valence-corrected chi connectivity index (χ2v) is 4.71. The van der Waals surface area contributed by atoms with Crippen LogP contribution in [0.1, 0.15) is 26.3 Å². The van der Waals surface area contributed by atoms with E-state index < -0.39 is 6.04 Å². The molecule has 88 valence electrons. The number of aromatic nitrogens is 3. The Bertz CT molecular complexity index is 430. The van der Waals surface area contributed by atoms with E-state index in [0.29, 0.717) is 17.3 Å². The summed E-state index contributed by atoms with van der Waals surface area (Å²) in [6, 6.07) is 1.58. The minimum Gasteiger partial charge on any atom is -0.316 e. The minimum absolute atomic E-state index is 0.0680. The van der Waals surface area contributed by atoms with Gasteiger partial charge in [-0.05, 0) is 20.3 Å². The van der Waals surface area contributed by atoms with Crippen molar-refractivity contribution >= 4 is 11.8 Å². The Morgan fingerprint density at radius 2 is 2.38 bits per heavy atom. The van der Waals surface area contributed by atoms with E-state index in [0.717, 1.165) is 0 Å². The summed E-state index contributed by atoms with van der Waals surface area (Å²) in [5.41, 5.74) is 5.26. The smallest absolute Gasteiger partial charge is 0.316 e. The van der Waals surface area contributed by atoms with Gasteiger partial charge in [-0.15, -0.1) is 5.10 Å². The number of rotatable bonds is 5. The number of nitrogens with two attached hydrogens (primary N) is 1. The van der Waals surface area contributed by atoms with E-state index in [-0.39, 0.29) is 11.7 Å². The zero-order valence-corrected chi connectivity index (χ0v) is 10.1. The monoisotopic (exact) mass is 241 g/mol. The normalized spacial score (nSPS) is 12.7. The van der Waals surface area contributed by atoms with Crippen molar-refractivity contribution < 1.29 is 0 Å². The maximum absolute atomic E-state index is 11.4. The summed E-state index contributed by atoms with van der Waals surface area (Å²) in [5.74, 6) is 0.672. The molecule has 1 aromatic rings. The second kappa shape index (κ2) is 5.72. The van der Waals surface area contributed by atoms with Crippen molar-refractivity contribution in [3.8, 4) is 6.07 Å². The van der Waals surface area contributed by atoms with Crippen molar-refractivity contribution in [2.24, 2.45) is 5.73 Å². The average molecular weight is 241 g/mol. The van der Waals surface area contributed by atoms with Crippen LogP contribution in [-0.4, -0.2) is 26.6 Å². The summed E-state index contributed by atoms with van der Waals surface area (Å²) in [4.78, 5) is 11.4. The zero-order chi connectivity index (χ0) is 12.1. The number of nitriles is 1. The van der Waals surface area contributed by atoms with Crippen LogP contribution in [0.4, 0.5) is 0 Å². The maximum Gasteiger partial charge on any atom is 0.344 e. The van der Waals surface area contributed by atoms with Crippen molar-refractivity contribution in [3.05, 3.63) is 10.5 Å². The molecule has 0 spiro atoms. The summed E-state index contributed by atoms with van der Waals surface area (Å²) in [7, 11) is 0. The van der Waals surface area contributed by atoms with Gasteiger partial charge in [-0.2, -0.15) is 5.26 Å². The molecule has 0 saturated carbocycles. The molecule has 3 N–H and O–H groups in total. The number of nitrogens with zero attached hydrogens (tertiary/aromatic N) is 3. The van der Waals surface area contributed by atoms with Gasteiger partial charge < -0.3 is 5.73 Å². The minimum atomic E-state index is -0.453. The molecular weight excluding hydrogens is 226 g/mol. The van der Waals surface area contributed by atoms with Crippen molar-refractivity contribution in [1.29, 1.82) is 5.26 Å². The standard InChI is InChI=1S/C9H15N5OS/c1-6(2)14-8(15)12-13-9(14)16-4-3-7(11)5-10/h6-7H,3-4,11H2,1-2H3,(H,12,15). The molecular formula is C9H15N5OS. The predicted molar refractivity (Wildman–Crippen MR) is 62.2 cm³/mol. The Balaban J connectivity index is 2.62. The zero-order valence-electron chi connectivity index (χ0n) is 9.30. The van der Waals surface area contributed by atoms with Crippen molar-refractivity contribution in [1.82, 2.24) is 14.8 Å². The van der Waals surface area contributed by atoms with E-state index in [1.807, 2.05) is 19.9 Å². The highest BCUT2D eigenvalue weighted by atomic mass is 32.2. The Morgan fingerprint density at radius 1 is 1.69 bits per heavy atom. The van der Waals surface area contributed by atoms with Crippen molar-refractivity contribution in [2.45, 2.75) is 37.5 Å². The van der Waals surface area contributed by atoms with E-state index in [4.69, 9.17) is 11.0 Å². The first-order valence-electron chi connectivity index (χ1n) is 5.01. The SMILES string of the molecule is CC(C)n1c(SCCC(N)C#N)n[nH]c1=O. The van der Waals surface area contributed by atoms with Gasteiger partial charge in [0.25, 0.3) is 0 Å². The summed E-state index contributed by atoms with van der Waals surface area (Å²) >= 11 is 1.43. The fraction of sp³-hybridized carbons (Fsp3) is 0.667. The van der Waals surface area contributed by atoms with Crippen LogP contribution in [0.25, 0.3) is 0 Å². The highest BCUT2D eigenvalue weighted by Gasteiger charge is 2.11. The highest BCUT2D eigenvalue weighted by Crippen LogP contribution is 2.17. The van der Waals surface area contributed by atoms with Gasteiger partial charge in [0, 0.05) is 11.8 Å². The van der Waals surface area contributed by atoms with Crippen molar-refractivity contribution in [3.63, 3.8) is 0 Å². The first-order chi connectivity index (χ1) is 7.56. The van der Waals surface area contributed by atoms with Gasteiger partial charge in [0.1, 0.15) is 0 Å². The molecule has 0 saturated heterocycles. The van der Waals surface area contributed by atoms with Crippen LogP contribution < -0.4 is 11.4 Å². The lowest BCUT2D eigenvalue weighted by atomic mass is 10.3. The highest BCUT2D eigenvalue weighted by molar-refractivity contribution is 7.99. The van der Waals surface area contributed by atoms with E-state index in [1.54, 1.807) is 4.57 Å². The summed E-state index contributed by atoms with van der Waals surface area (Å²) in [6.45, 7) is 3.84. The summed E-state index contributed by atoms with van der Waals surface area (Å²) < 4.78 is 1.59. The number of thioether (sulfide) groups is 1. The van der Waals surface area contributed by atoms with Crippen LogP contribution in [0.2, 0.25) is 0 Å². The summed E-state index contributed by atoms with van der Waals surface area (Å²) in [6.07, 6.45) is 0.584. The van der Waals surface area contributed by atoms with E-state index in [1.165, 1.54) is 11.8 Å². The number of H-pyrrole nitrogens is 1. The molecule has 1 heterocycles. The van der Waals surface area contributed by atoms with Crippen LogP contribution in [0.15, 0.2) is 9.95 Å². The number of hydrogen-bond acceptors (Lipinski definition) is 5. The third-order valence-corrected chi connectivity index (χ3v) is 3.00. The fourth-order valence-corrected chi connectivity index (χ4v) is 2.29. The van der Waals surface area contributed by atoms with Crippen molar-refractivity contribution in [2.75, 3.05) is 5.75 Å². The molecule has 1 aromatic heterocycles. The molecule has 0 aliphatic rings. The molecule has 1 atom stereocenters. The first-order valence-corrected chi connectivity index (χ1v) is 5.99. The lowest BCUT2D eigenvalue weighted by Gasteiger charge is -2.08. The number of nitrogens with one attached hydrogen (secondary N) is 1. The number of aromatic amines is 1. The molecule has 16 heavy (non-hydrogen) atoms. The third kappa shape index (κ3) is 3.12. The van der Waals surface area contributed by atoms with Gasteiger partial charge in [0.05, 0.1) is 12.1 Å². The number of hydrogen-bond donors (Lipinski definition) is 2. The lowest BCUT2D eigenvalue weighted by molar-refractivity contribution is 0.534.